The lowest BCUT2D eigenvalue weighted by atomic mass is 10.1. The summed E-state index contributed by atoms with van der Waals surface area (Å²) in [4.78, 5) is 39.1. The lowest BCUT2D eigenvalue weighted by molar-refractivity contribution is -0.142. The van der Waals surface area contributed by atoms with Crippen molar-refractivity contribution in [3.05, 3.63) is 42.5 Å². The number of anilines is 1. The van der Waals surface area contributed by atoms with E-state index in [1.165, 1.54) is 6.92 Å². The van der Waals surface area contributed by atoms with E-state index in [1.807, 2.05) is 36.4 Å². The molecule has 2 aromatic rings. The predicted octanol–water partition coefficient (Wildman–Crippen LogP) is 0.502. The number of hydrogen-bond acceptors (Lipinski definition) is 8. The fourth-order valence-corrected chi connectivity index (χ4v) is 2.71. The summed E-state index contributed by atoms with van der Waals surface area (Å²) in [7, 11) is 0. The summed E-state index contributed by atoms with van der Waals surface area (Å²) < 4.78 is 5.61. The Bertz CT molecular complexity index is 928. The first-order valence-corrected chi connectivity index (χ1v) is 10.5. The Morgan fingerprint density at radius 2 is 1.88 bits per heavy atom. The van der Waals surface area contributed by atoms with Crippen LogP contribution in [0, 0.1) is 0 Å². The fourth-order valence-electron chi connectivity index (χ4n) is 2.58. The summed E-state index contributed by atoms with van der Waals surface area (Å²) in [5, 5.41) is 17.0. The van der Waals surface area contributed by atoms with Gasteiger partial charge < -0.3 is 31.5 Å². The number of amides is 2. The molecule has 1 heterocycles. The maximum atomic E-state index is 12.3. The molecule has 2 rings (SSSR count). The molecule has 0 bridgehead atoms. The quantitative estimate of drug-likeness (QED) is 0.250. The molecular weight excluding hydrogens is 434 g/mol. The third kappa shape index (κ3) is 8.08. The molecule has 172 valence electrons. The van der Waals surface area contributed by atoms with Crippen LogP contribution in [-0.2, 0) is 14.4 Å². The smallest absolute Gasteiger partial charge is 0.328 e. The van der Waals surface area contributed by atoms with Crippen LogP contribution in [0.1, 0.15) is 6.92 Å². The van der Waals surface area contributed by atoms with E-state index in [9.17, 15) is 19.5 Å². The van der Waals surface area contributed by atoms with Crippen molar-refractivity contribution >= 4 is 36.1 Å². The van der Waals surface area contributed by atoms with Crippen LogP contribution < -0.4 is 26.4 Å². The molecule has 0 radical (unpaired) electrons. The Balaban J connectivity index is 2.12. The van der Waals surface area contributed by atoms with Gasteiger partial charge in [-0.3, -0.25) is 9.59 Å². The molecular formula is C21H27N5O5S. The predicted molar refractivity (Wildman–Crippen MR) is 124 cm³/mol. The van der Waals surface area contributed by atoms with Gasteiger partial charge >= 0.3 is 5.97 Å². The number of carboxylic acids is 1. The van der Waals surface area contributed by atoms with Gasteiger partial charge in [0.15, 0.2) is 6.61 Å². The summed E-state index contributed by atoms with van der Waals surface area (Å²) in [6.07, 6.45) is 0. The first kappa shape index (κ1) is 25.0. The average Bonchev–Trinajstić information content (AvgIpc) is 2.79. The molecule has 1 aromatic heterocycles. The molecule has 0 aliphatic heterocycles. The minimum atomic E-state index is -1.29. The number of ether oxygens (including phenoxy) is 1. The molecule has 0 aliphatic rings. The molecule has 0 spiro atoms. The lowest BCUT2D eigenvalue weighted by Gasteiger charge is -2.17. The molecule has 11 heteroatoms. The van der Waals surface area contributed by atoms with Crippen LogP contribution in [0.15, 0.2) is 42.5 Å². The largest absolute Gasteiger partial charge is 0.480 e. The van der Waals surface area contributed by atoms with Gasteiger partial charge in [0.1, 0.15) is 6.04 Å². The van der Waals surface area contributed by atoms with E-state index in [0.717, 1.165) is 5.56 Å². The zero-order valence-electron chi connectivity index (χ0n) is 17.6. The number of rotatable bonds is 12. The third-order valence-electron chi connectivity index (χ3n) is 4.25. The molecule has 0 saturated heterocycles. The van der Waals surface area contributed by atoms with E-state index in [0.29, 0.717) is 23.7 Å². The number of carbonyl (C=O) groups excluding carboxylic acids is 2. The van der Waals surface area contributed by atoms with Crippen molar-refractivity contribution in [3.8, 4) is 17.1 Å². The van der Waals surface area contributed by atoms with Crippen molar-refractivity contribution in [2.75, 3.05) is 30.8 Å². The number of pyridine rings is 1. The first-order chi connectivity index (χ1) is 15.3. The van der Waals surface area contributed by atoms with E-state index >= 15 is 0 Å². The van der Waals surface area contributed by atoms with Crippen molar-refractivity contribution in [2.45, 2.75) is 19.0 Å². The Hall–Kier alpha value is -3.31. The van der Waals surface area contributed by atoms with E-state index in [2.05, 4.69) is 33.6 Å². The van der Waals surface area contributed by atoms with Crippen molar-refractivity contribution < 1.29 is 24.2 Å². The van der Waals surface area contributed by atoms with Gasteiger partial charge in [-0.15, -0.1) is 0 Å². The number of aliphatic carboxylic acids is 1. The van der Waals surface area contributed by atoms with Crippen LogP contribution in [0.4, 0.5) is 5.69 Å². The Morgan fingerprint density at radius 3 is 2.50 bits per heavy atom. The highest BCUT2D eigenvalue weighted by Crippen LogP contribution is 2.27. The molecule has 2 amide bonds. The molecule has 0 fully saturated rings. The minimum absolute atomic E-state index is 0.168. The van der Waals surface area contributed by atoms with Gasteiger partial charge in [0, 0.05) is 37.4 Å². The summed E-state index contributed by atoms with van der Waals surface area (Å²) in [5.41, 5.74) is 7.93. The number of carboxylic acid groups (broad SMARTS) is 1. The molecule has 0 aliphatic carbocycles. The number of nitrogens with zero attached hydrogens (tertiary/aromatic N) is 1. The number of nitrogens with two attached hydrogens (primary N) is 1. The Labute approximate surface area is 191 Å². The van der Waals surface area contributed by atoms with E-state index in [-0.39, 0.29) is 18.5 Å². The van der Waals surface area contributed by atoms with Crippen molar-refractivity contribution in [1.29, 1.82) is 0 Å². The summed E-state index contributed by atoms with van der Waals surface area (Å²) in [6.45, 7) is 0.953. The van der Waals surface area contributed by atoms with Crippen LogP contribution in [-0.4, -0.2) is 65.4 Å². The Morgan fingerprint density at radius 1 is 1.16 bits per heavy atom. The molecule has 1 aromatic carbocycles. The van der Waals surface area contributed by atoms with Crippen molar-refractivity contribution in [1.82, 2.24) is 15.6 Å². The minimum Gasteiger partial charge on any atom is -0.480 e. The van der Waals surface area contributed by atoms with Gasteiger partial charge in [-0.1, -0.05) is 30.3 Å². The van der Waals surface area contributed by atoms with Crippen LogP contribution in [0.5, 0.6) is 5.88 Å². The van der Waals surface area contributed by atoms with Gasteiger partial charge in [-0.2, -0.15) is 12.6 Å². The maximum Gasteiger partial charge on any atom is 0.328 e. The third-order valence-corrected chi connectivity index (χ3v) is 4.72. The van der Waals surface area contributed by atoms with E-state index < -0.39 is 30.4 Å². The Kier molecular flexibility index (Phi) is 9.76. The van der Waals surface area contributed by atoms with Gasteiger partial charge in [0.2, 0.25) is 11.8 Å². The van der Waals surface area contributed by atoms with E-state index in [1.54, 1.807) is 6.07 Å². The number of carbonyl (C=O) groups is 3. The molecule has 0 saturated carbocycles. The number of aromatic nitrogens is 1. The molecule has 32 heavy (non-hydrogen) atoms. The van der Waals surface area contributed by atoms with Gasteiger partial charge in [0.05, 0.1) is 11.4 Å². The fraction of sp³-hybridized carbons (Fsp3) is 0.333. The summed E-state index contributed by atoms with van der Waals surface area (Å²) >= 11 is 4.16. The van der Waals surface area contributed by atoms with Crippen molar-refractivity contribution in [2.24, 2.45) is 5.73 Å². The standard InChI is InChI=1S/C21H27N5O5S/c1-13(27)23-10-18(21(29)30)25-19(28)11-31-20-17(24-9-15(22)12-32)8-7-16(26-20)14-5-3-2-4-6-14/h2-8,15,18,24,32H,9-12,22H2,1H3,(H,23,27)(H,25,28)(H,29,30). The molecule has 10 nitrogen and oxygen atoms in total. The molecule has 6 N–H and O–H groups in total. The number of nitrogens with one attached hydrogen (secondary N) is 3. The lowest BCUT2D eigenvalue weighted by Crippen LogP contribution is -2.49. The second-order valence-electron chi connectivity index (χ2n) is 6.92. The van der Waals surface area contributed by atoms with Crippen LogP contribution in [0.25, 0.3) is 11.3 Å². The van der Waals surface area contributed by atoms with Gasteiger partial charge in [-0.05, 0) is 12.1 Å². The molecule has 2 unspecified atom stereocenters. The van der Waals surface area contributed by atoms with Crippen molar-refractivity contribution in [3.63, 3.8) is 0 Å². The number of benzene rings is 1. The highest BCUT2D eigenvalue weighted by Gasteiger charge is 2.21. The van der Waals surface area contributed by atoms with E-state index in [4.69, 9.17) is 10.5 Å². The van der Waals surface area contributed by atoms with Crippen LogP contribution in [0.3, 0.4) is 0 Å². The topological polar surface area (TPSA) is 156 Å². The number of hydrogen-bond donors (Lipinski definition) is 6. The monoisotopic (exact) mass is 461 g/mol. The second kappa shape index (κ2) is 12.5. The maximum absolute atomic E-state index is 12.3. The highest BCUT2D eigenvalue weighted by molar-refractivity contribution is 7.80. The van der Waals surface area contributed by atoms with Crippen LogP contribution >= 0.6 is 12.6 Å². The summed E-state index contributed by atoms with van der Waals surface area (Å²) in [5.74, 6) is -1.71. The SMILES string of the molecule is CC(=O)NCC(NC(=O)COc1nc(-c2ccccc2)ccc1NCC(N)CS)C(=O)O. The highest BCUT2D eigenvalue weighted by atomic mass is 32.1. The van der Waals surface area contributed by atoms with Gasteiger partial charge in [0.25, 0.3) is 5.91 Å². The zero-order valence-corrected chi connectivity index (χ0v) is 18.5. The average molecular weight is 462 g/mol. The normalized spacial score (nSPS) is 12.3. The zero-order chi connectivity index (χ0) is 23.5. The first-order valence-electron chi connectivity index (χ1n) is 9.86. The molecule has 2 atom stereocenters. The van der Waals surface area contributed by atoms with Gasteiger partial charge in [-0.25, -0.2) is 9.78 Å². The number of thiol groups is 1. The second-order valence-corrected chi connectivity index (χ2v) is 7.29. The summed E-state index contributed by atoms with van der Waals surface area (Å²) in [6, 6.07) is 11.5. The van der Waals surface area contributed by atoms with Crippen LogP contribution in [0.2, 0.25) is 0 Å².